The van der Waals surface area contributed by atoms with E-state index in [1.165, 1.54) is 0 Å². The molecule has 19 heavy (non-hydrogen) atoms. The summed E-state index contributed by atoms with van der Waals surface area (Å²) in [7, 11) is 0. The van der Waals surface area contributed by atoms with Crippen LogP contribution in [-0.2, 0) is 0 Å². The van der Waals surface area contributed by atoms with Crippen LogP contribution in [0.1, 0.15) is 13.8 Å². The Bertz CT molecular complexity index is 362. The Kier molecular flexibility index (Phi) is 7.00. The summed E-state index contributed by atoms with van der Waals surface area (Å²) in [5.74, 6) is 1.49. The number of benzene rings is 1. The molecule has 0 spiro atoms. The van der Waals surface area contributed by atoms with Crippen molar-refractivity contribution in [2.45, 2.75) is 26.0 Å². The minimum Gasteiger partial charge on any atom is -0.491 e. The second-order valence-corrected chi connectivity index (χ2v) is 4.60. The van der Waals surface area contributed by atoms with Gasteiger partial charge < -0.3 is 19.9 Å². The fourth-order valence-electron chi connectivity index (χ4n) is 1.41. The molecule has 1 aromatic rings. The minimum absolute atomic E-state index is 0.270. The lowest BCUT2D eigenvalue weighted by molar-refractivity contribution is 0.104. The van der Waals surface area contributed by atoms with E-state index in [0.29, 0.717) is 19.2 Å². The van der Waals surface area contributed by atoms with Crippen LogP contribution in [0.3, 0.4) is 0 Å². The Hall–Kier alpha value is -1.52. The van der Waals surface area contributed by atoms with Crippen LogP contribution in [0.15, 0.2) is 36.9 Å². The molecule has 0 radical (unpaired) electrons. The van der Waals surface area contributed by atoms with E-state index < -0.39 is 6.10 Å². The summed E-state index contributed by atoms with van der Waals surface area (Å²) in [6, 6.07) is 7.66. The predicted octanol–water partition coefficient (Wildman–Crippen LogP) is 1.99. The Labute approximate surface area is 115 Å². The van der Waals surface area contributed by atoms with Crippen molar-refractivity contribution in [1.82, 2.24) is 5.32 Å². The van der Waals surface area contributed by atoms with Gasteiger partial charge in [-0.15, -0.1) is 0 Å². The smallest absolute Gasteiger partial charge is 0.120 e. The molecule has 1 atom stereocenters. The van der Waals surface area contributed by atoms with Crippen LogP contribution < -0.4 is 14.8 Å². The Morgan fingerprint density at radius 1 is 1.21 bits per heavy atom. The van der Waals surface area contributed by atoms with Gasteiger partial charge in [0.25, 0.3) is 0 Å². The minimum atomic E-state index is -0.515. The van der Waals surface area contributed by atoms with Crippen molar-refractivity contribution in [3.63, 3.8) is 0 Å². The molecule has 0 aromatic heterocycles. The van der Waals surface area contributed by atoms with E-state index in [9.17, 15) is 5.11 Å². The highest BCUT2D eigenvalue weighted by molar-refractivity contribution is 5.31. The first kappa shape index (κ1) is 15.5. The van der Waals surface area contributed by atoms with Gasteiger partial charge in [0.1, 0.15) is 30.8 Å². The molecule has 4 nitrogen and oxygen atoms in total. The number of ether oxygens (including phenoxy) is 2. The van der Waals surface area contributed by atoms with E-state index in [2.05, 4.69) is 11.9 Å². The lowest BCUT2D eigenvalue weighted by Crippen LogP contribution is -2.35. The van der Waals surface area contributed by atoms with Crippen LogP contribution >= 0.6 is 0 Å². The van der Waals surface area contributed by atoms with Crippen LogP contribution in [0.4, 0.5) is 0 Å². The van der Waals surface area contributed by atoms with Gasteiger partial charge in [0.05, 0.1) is 0 Å². The number of hydrogen-bond donors (Lipinski definition) is 2. The third kappa shape index (κ3) is 6.84. The number of aliphatic hydroxyl groups is 1. The Morgan fingerprint density at radius 2 is 1.79 bits per heavy atom. The molecule has 1 unspecified atom stereocenters. The predicted molar refractivity (Wildman–Crippen MR) is 76.8 cm³/mol. The molecule has 1 aromatic carbocycles. The summed E-state index contributed by atoms with van der Waals surface area (Å²) in [6.45, 7) is 8.95. The van der Waals surface area contributed by atoms with E-state index in [4.69, 9.17) is 9.47 Å². The van der Waals surface area contributed by atoms with Gasteiger partial charge in [-0.05, 0) is 24.3 Å². The van der Waals surface area contributed by atoms with Crippen molar-refractivity contribution in [1.29, 1.82) is 0 Å². The lowest BCUT2D eigenvalue weighted by Gasteiger charge is -2.15. The van der Waals surface area contributed by atoms with Crippen molar-refractivity contribution in [2.75, 3.05) is 19.8 Å². The standard InChI is InChI=1S/C15H23NO3/c1-4-9-18-14-5-7-15(8-6-14)19-11-13(17)10-16-12(2)3/h4-8,12-13,16-17H,1,9-11H2,2-3H3. The van der Waals surface area contributed by atoms with Gasteiger partial charge in [-0.3, -0.25) is 0 Å². The number of hydrogen-bond acceptors (Lipinski definition) is 4. The normalized spacial score (nSPS) is 12.2. The molecule has 0 aliphatic carbocycles. The van der Waals surface area contributed by atoms with Crippen LogP contribution in [-0.4, -0.2) is 37.0 Å². The van der Waals surface area contributed by atoms with Gasteiger partial charge in [-0.1, -0.05) is 26.5 Å². The highest BCUT2D eigenvalue weighted by Crippen LogP contribution is 2.17. The highest BCUT2D eigenvalue weighted by atomic mass is 16.5. The van der Waals surface area contributed by atoms with Crippen molar-refractivity contribution in [3.05, 3.63) is 36.9 Å². The summed E-state index contributed by atoms with van der Waals surface area (Å²) in [6.07, 6.45) is 1.18. The van der Waals surface area contributed by atoms with E-state index in [1.54, 1.807) is 6.08 Å². The SMILES string of the molecule is C=CCOc1ccc(OCC(O)CNC(C)C)cc1. The van der Waals surface area contributed by atoms with E-state index in [-0.39, 0.29) is 6.61 Å². The maximum atomic E-state index is 9.71. The van der Waals surface area contributed by atoms with Gasteiger partial charge >= 0.3 is 0 Å². The van der Waals surface area contributed by atoms with Gasteiger partial charge in [0.15, 0.2) is 0 Å². The topological polar surface area (TPSA) is 50.7 Å². The number of rotatable bonds is 9. The monoisotopic (exact) mass is 265 g/mol. The van der Waals surface area contributed by atoms with Crippen molar-refractivity contribution >= 4 is 0 Å². The van der Waals surface area contributed by atoms with Gasteiger partial charge in [-0.2, -0.15) is 0 Å². The number of nitrogens with one attached hydrogen (secondary N) is 1. The van der Waals surface area contributed by atoms with E-state index in [0.717, 1.165) is 11.5 Å². The summed E-state index contributed by atoms with van der Waals surface area (Å²) in [4.78, 5) is 0. The molecule has 106 valence electrons. The molecule has 0 aliphatic heterocycles. The van der Waals surface area contributed by atoms with E-state index >= 15 is 0 Å². The average Bonchev–Trinajstić information content (AvgIpc) is 2.41. The number of aliphatic hydroxyl groups excluding tert-OH is 1. The average molecular weight is 265 g/mol. The molecule has 0 saturated carbocycles. The third-order valence-electron chi connectivity index (χ3n) is 2.40. The molecule has 0 amide bonds. The first-order chi connectivity index (χ1) is 9.11. The fourth-order valence-corrected chi connectivity index (χ4v) is 1.41. The molecule has 0 saturated heterocycles. The van der Waals surface area contributed by atoms with Crippen LogP contribution in [0.2, 0.25) is 0 Å². The second kappa shape index (κ2) is 8.56. The first-order valence-electron chi connectivity index (χ1n) is 6.50. The quantitative estimate of drug-likeness (QED) is 0.670. The zero-order chi connectivity index (χ0) is 14.1. The van der Waals surface area contributed by atoms with Crippen molar-refractivity contribution in [3.8, 4) is 11.5 Å². The fraction of sp³-hybridized carbons (Fsp3) is 0.467. The molecule has 4 heteroatoms. The van der Waals surface area contributed by atoms with Crippen LogP contribution in [0.5, 0.6) is 11.5 Å². The highest BCUT2D eigenvalue weighted by Gasteiger charge is 2.06. The Balaban J connectivity index is 2.30. The first-order valence-corrected chi connectivity index (χ1v) is 6.50. The zero-order valence-electron chi connectivity index (χ0n) is 11.6. The molecule has 0 aliphatic rings. The molecular weight excluding hydrogens is 242 g/mol. The van der Waals surface area contributed by atoms with Crippen LogP contribution in [0.25, 0.3) is 0 Å². The van der Waals surface area contributed by atoms with Gasteiger partial charge in [-0.25, -0.2) is 0 Å². The van der Waals surface area contributed by atoms with Crippen LogP contribution in [0, 0.1) is 0 Å². The maximum absolute atomic E-state index is 9.71. The molecular formula is C15H23NO3. The Morgan fingerprint density at radius 3 is 2.32 bits per heavy atom. The van der Waals surface area contributed by atoms with E-state index in [1.807, 2.05) is 38.1 Å². The molecule has 1 rings (SSSR count). The lowest BCUT2D eigenvalue weighted by atomic mass is 10.3. The second-order valence-electron chi connectivity index (χ2n) is 4.60. The summed E-state index contributed by atoms with van der Waals surface area (Å²) in [5.41, 5.74) is 0. The molecule has 2 N–H and O–H groups in total. The van der Waals surface area contributed by atoms with Gasteiger partial charge in [0, 0.05) is 12.6 Å². The summed E-state index contributed by atoms with van der Waals surface area (Å²) in [5, 5.41) is 12.9. The van der Waals surface area contributed by atoms with Crippen molar-refractivity contribution in [2.24, 2.45) is 0 Å². The maximum Gasteiger partial charge on any atom is 0.120 e. The van der Waals surface area contributed by atoms with Crippen molar-refractivity contribution < 1.29 is 14.6 Å². The van der Waals surface area contributed by atoms with Gasteiger partial charge in [0.2, 0.25) is 0 Å². The molecule has 0 fully saturated rings. The molecule has 0 bridgehead atoms. The zero-order valence-corrected chi connectivity index (χ0v) is 11.6. The third-order valence-corrected chi connectivity index (χ3v) is 2.40. The summed E-state index contributed by atoms with van der Waals surface area (Å²) >= 11 is 0. The largest absolute Gasteiger partial charge is 0.491 e. The summed E-state index contributed by atoms with van der Waals surface area (Å²) < 4.78 is 10.9. The molecule has 0 heterocycles.